The molecule has 29 heavy (non-hydrogen) atoms. The Kier molecular flexibility index (Phi) is 7.50. The van der Waals surface area contributed by atoms with Crippen molar-refractivity contribution in [3.63, 3.8) is 0 Å². The lowest BCUT2D eigenvalue weighted by Gasteiger charge is -2.13. The topological polar surface area (TPSA) is 71.1 Å². The normalized spacial score (nSPS) is 13.5. The van der Waals surface area contributed by atoms with Crippen molar-refractivity contribution in [2.75, 3.05) is 13.1 Å². The summed E-state index contributed by atoms with van der Waals surface area (Å²) in [6.45, 7) is 0.995. The van der Waals surface area contributed by atoms with Crippen LogP contribution in [0.3, 0.4) is 0 Å². The predicted octanol–water partition coefficient (Wildman–Crippen LogP) is 3.81. The molecule has 1 aliphatic rings. The largest absolute Gasteiger partial charge is 0.352 e. The molecule has 0 saturated carbocycles. The number of hydrogen-bond acceptors (Lipinski definition) is 3. The molecule has 6 heteroatoms. The summed E-state index contributed by atoms with van der Waals surface area (Å²) in [5, 5.41) is 5.70. The number of rotatable bonds is 8. The first-order valence-corrected chi connectivity index (χ1v) is 10.1. The van der Waals surface area contributed by atoms with E-state index in [4.69, 9.17) is 0 Å². The van der Waals surface area contributed by atoms with Crippen molar-refractivity contribution in [1.29, 1.82) is 0 Å². The van der Waals surface area contributed by atoms with Gasteiger partial charge in [-0.25, -0.2) is 4.39 Å². The van der Waals surface area contributed by atoms with Gasteiger partial charge in [-0.15, -0.1) is 0 Å². The Morgan fingerprint density at radius 1 is 0.931 bits per heavy atom. The molecular formula is C23H26FN3O2. The second-order valence-corrected chi connectivity index (χ2v) is 7.21. The fourth-order valence-corrected chi connectivity index (χ4v) is 3.33. The molecule has 3 rings (SSSR count). The summed E-state index contributed by atoms with van der Waals surface area (Å²) in [6.07, 6.45) is 11.4. The predicted molar refractivity (Wildman–Crippen MR) is 110 cm³/mol. The maximum atomic E-state index is 12.9. The van der Waals surface area contributed by atoms with Crippen LogP contribution in [0.15, 0.2) is 54.4 Å². The van der Waals surface area contributed by atoms with Crippen LogP contribution >= 0.6 is 0 Å². The van der Waals surface area contributed by atoms with E-state index in [1.54, 1.807) is 18.2 Å². The van der Waals surface area contributed by atoms with Crippen molar-refractivity contribution in [2.24, 2.45) is 0 Å². The molecule has 2 N–H and O–H groups in total. The number of benzene rings is 1. The molecule has 1 aliphatic carbocycles. The van der Waals surface area contributed by atoms with Crippen LogP contribution in [0.25, 0.3) is 0 Å². The van der Waals surface area contributed by atoms with Gasteiger partial charge in [0.15, 0.2) is 0 Å². The maximum absolute atomic E-state index is 12.9. The number of carbonyl (C=O) groups excluding carboxylic acids is 2. The van der Waals surface area contributed by atoms with Crippen molar-refractivity contribution in [3.8, 4) is 0 Å². The first-order chi connectivity index (χ1) is 14.1. The fourth-order valence-electron chi connectivity index (χ4n) is 3.33. The maximum Gasteiger partial charge on any atom is 0.252 e. The second kappa shape index (κ2) is 10.5. The molecule has 0 atom stereocenters. The van der Waals surface area contributed by atoms with Gasteiger partial charge in [-0.05, 0) is 62.3 Å². The number of aromatic nitrogens is 1. The number of pyridine rings is 1. The van der Waals surface area contributed by atoms with Crippen LogP contribution in [0.2, 0.25) is 0 Å². The summed E-state index contributed by atoms with van der Waals surface area (Å²) in [7, 11) is 0. The molecule has 1 aromatic carbocycles. The molecule has 2 amide bonds. The monoisotopic (exact) mass is 395 g/mol. The van der Waals surface area contributed by atoms with Crippen molar-refractivity contribution < 1.29 is 14.0 Å². The average Bonchev–Trinajstić information content (AvgIpc) is 2.76. The van der Waals surface area contributed by atoms with Gasteiger partial charge in [-0.3, -0.25) is 14.6 Å². The molecule has 5 nitrogen and oxygen atoms in total. The fraction of sp³-hybridized carbons (Fsp3) is 0.348. The molecule has 0 radical (unpaired) electrons. The van der Waals surface area contributed by atoms with Gasteiger partial charge in [-0.1, -0.05) is 23.8 Å². The number of allylic oxidation sites excluding steroid dienone is 1. The van der Waals surface area contributed by atoms with Crippen molar-refractivity contribution in [3.05, 3.63) is 76.9 Å². The van der Waals surface area contributed by atoms with E-state index in [0.29, 0.717) is 30.6 Å². The third-order valence-corrected chi connectivity index (χ3v) is 4.99. The molecule has 1 aromatic heterocycles. The number of hydrogen-bond donors (Lipinski definition) is 2. The van der Waals surface area contributed by atoms with Crippen LogP contribution in [0.4, 0.5) is 4.39 Å². The molecule has 152 valence electrons. The van der Waals surface area contributed by atoms with Crippen LogP contribution in [0.5, 0.6) is 0 Å². The highest BCUT2D eigenvalue weighted by Gasteiger charge is 2.12. The summed E-state index contributed by atoms with van der Waals surface area (Å²) < 4.78 is 12.9. The quantitative estimate of drug-likeness (QED) is 0.668. The van der Waals surface area contributed by atoms with Crippen LogP contribution in [0, 0.1) is 5.82 Å². The Morgan fingerprint density at radius 3 is 2.21 bits per heavy atom. The SMILES string of the molecule is O=C(NCCC1=CCCCC1)c1cncc(C(=O)NCCc2ccc(F)cc2)c1. The van der Waals surface area contributed by atoms with Gasteiger partial charge in [0, 0.05) is 25.5 Å². The van der Waals surface area contributed by atoms with Crippen LogP contribution in [-0.2, 0) is 6.42 Å². The highest BCUT2D eigenvalue weighted by molar-refractivity contribution is 5.99. The van der Waals surface area contributed by atoms with Crippen molar-refractivity contribution >= 4 is 11.8 Å². The number of nitrogens with one attached hydrogen (secondary N) is 2. The average molecular weight is 395 g/mol. The molecule has 0 fully saturated rings. The van der Waals surface area contributed by atoms with Gasteiger partial charge in [0.25, 0.3) is 11.8 Å². The zero-order valence-electron chi connectivity index (χ0n) is 16.4. The van der Waals surface area contributed by atoms with Crippen LogP contribution < -0.4 is 10.6 Å². The van der Waals surface area contributed by atoms with Gasteiger partial charge in [0.05, 0.1) is 11.1 Å². The minimum absolute atomic E-state index is 0.227. The van der Waals surface area contributed by atoms with Gasteiger partial charge in [0.2, 0.25) is 0 Å². The van der Waals surface area contributed by atoms with E-state index in [-0.39, 0.29) is 17.6 Å². The summed E-state index contributed by atoms with van der Waals surface area (Å²) in [5.74, 6) is -0.800. The van der Waals surface area contributed by atoms with Crippen LogP contribution in [0.1, 0.15) is 58.4 Å². The number of nitrogens with zero attached hydrogens (tertiary/aromatic N) is 1. The number of halogens is 1. The van der Waals surface area contributed by atoms with E-state index in [0.717, 1.165) is 24.8 Å². The Morgan fingerprint density at radius 2 is 1.59 bits per heavy atom. The molecule has 0 bridgehead atoms. The number of carbonyl (C=O) groups is 2. The Bertz CT molecular complexity index is 878. The molecule has 0 aliphatic heterocycles. The number of amides is 2. The zero-order chi connectivity index (χ0) is 20.5. The van der Waals surface area contributed by atoms with Gasteiger partial charge >= 0.3 is 0 Å². The molecule has 0 spiro atoms. The lowest BCUT2D eigenvalue weighted by atomic mass is 9.97. The zero-order valence-corrected chi connectivity index (χ0v) is 16.4. The third-order valence-electron chi connectivity index (χ3n) is 4.99. The van der Waals surface area contributed by atoms with E-state index in [9.17, 15) is 14.0 Å². The lowest BCUT2D eigenvalue weighted by Crippen LogP contribution is -2.28. The van der Waals surface area contributed by atoms with E-state index in [1.807, 2.05) is 0 Å². The van der Waals surface area contributed by atoms with E-state index < -0.39 is 0 Å². The van der Waals surface area contributed by atoms with E-state index in [1.165, 1.54) is 42.9 Å². The molecule has 0 saturated heterocycles. The van der Waals surface area contributed by atoms with Crippen molar-refractivity contribution in [2.45, 2.75) is 38.5 Å². The minimum atomic E-state index is -0.290. The summed E-state index contributed by atoms with van der Waals surface area (Å²) in [5.41, 5.74) is 3.05. The smallest absolute Gasteiger partial charge is 0.252 e. The molecular weight excluding hydrogens is 369 g/mol. The molecule has 0 unspecified atom stereocenters. The summed E-state index contributed by atoms with van der Waals surface area (Å²) in [6, 6.07) is 7.73. The highest BCUT2D eigenvalue weighted by atomic mass is 19.1. The van der Waals surface area contributed by atoms with Gasteiger partial charge < -0.3 is 10.6 Å². The second-order valence-electron chi connectivity index (χ2n) is 7.21. The minimum Gasteiger partial charge on any atom is -0.352 e. The van der Waals surface area contributed by atoms with Crippen molar-refractivity contribution in [1.82, 2.24) is 15.6 Å². The molecule has 2 aromatic rings. The summed E-state index contributed by atoms with van der Waals surface area (Å²) in [4.78, 5) is 28.7. The summed E-state index contributed by atoms with van der Waals surface area (Å²) >= 11 is 0. The Hall–Kier alpha value is -3.02. The first-order valence-electron chi connectivity index (χ1n) is 10.1. The lowest BCUT2D eigenvalue weighted by molar-refractivity contribution is 0.0953. The molecule has 1 heterocycles. The van der Waals surface area contributed by atoms with Gasteiger partial charge in [-0.2, -0.15) is 0 Å². The third kappa shape index (κ3) is 6.52. The Labute approximate surface area is 170 Å². The standard InChI is InChI=1S/C23H26FN3O2/c24-21-8-6-18(7-9-21)11-13-27-23(29)20-14-19(15-25-16-20)22(28)26-12-10-17-4-2-1-3-5-17/h4,6-9,14-16H,1-3,5,10-13H2,(H,26,28)(H,27,29). The first kappa shape index (κ1) is 20.7. The van der Waals surface area contributed by atoms with Gasteiger partial charge in [0.1, 0.15) is 5.82 Å². The van der Waals surface area contributed by atoms with E-state index in [2.05, 4.69) is 21.7 Å². The van der Waals surface area contributed by atoms with Crippen LogP contribution in [-0.4, -0.2) is 29.9 Å². The highest BCUT2D eigenvalue weighted by Crippen LogP contribution is 2.19. The van der Waals surface area contributed by atoms with E-state index >= 15 is 0 Å². The Balaban J connectivity index is 1.47.